The summed E-state index contributed by atoms with van der Waals surface area (Å²) in [7, 11) is 0. The van der Waals surface area contributed by atoms with Crippen molar-refractivity contribution in [3.8, 4) is 0 Å². The minimum absolute atomic E-state index is 0.464. The molecule has 2 saturated carbocycles. The van der Waals surface area contributed by atoms with Gasteiger partial charge >= 0.3 is 0 Å². The molecule has 1 nitrogen and oxygen atoms in total. The molecule has 0 radical (unpaired) electrons. The molecular formula is C13H24O. The van der Waals surface area contributed by atoms with Gasteiger partial charge in [-0.05, 0) is 18.8 Å². The summed E-state index contributed by atoms with van der Waals surface area (Å²) in [5.74, 6) is 1.50. The molecule has 0 aromatic carbocycles. The fraction of sp³-hybridized carbons (Fsp3) is 0.923. The number of ketones is 1. The summed E-state index contributed by atoms with van der Waals surface area (Å²) in [6.07, 6.45) is 12.7. The van der Waals surface area contributed by atoms with E-state index in [9.17, 15) is 4.79 Å². The van der Waals surface area contributed by atoms with Crippen LogP contribution in [0.2, 0.25) is 0 Å². The van der Waals surface area contributed by atoms with E-state index < -0.39 is 0 Å². The first-order valence-electron chi connectivity index (χ1n) is 6.31. The highest BCUT2D eigenvalue weighted by atomic mass is 16.1. The molecule has 2 rings (SSSR count). The van der Waals surface area contributed by atoms with E-state index in [0.717, 1.165) is 31.6 Å². The van der Waals surface area contributed by atoms with Crippen LogP contribution in [-0.2, 0) is 4.79 Å². The molecule has 0 N–H and O–H groups in total. The Morgan fingerprint density at radius 3 is 1.64 bits per heavy atom. The highest BCUT2D eigenvalue weighted by molar-refractivity contribution is 5.78. The van der Waals surface area contributed by atoms with Crippen LogP contribution in [-0.4, -0.2) is 5.78 Å². The van der Waals surface area contributed by atoms with Crippen LogP contribution >= 0.6 is 0 Å². The summed E-state index contributed by atoms with van der Waals surface area (Å²) in [6, 6.07) is 0. The molecule has 0 heterocycles. The van der Waals surface area contributed by atoms with Crippen molar-refractivity contribution in [1.29, 1.82) is 0 Å². The summed E-state index contributed by atoms with van der Waals surface area (Å²) >= 11 is 0. The number of carbonyl (C=O) groups is 1. The highest BCUT2D eigenvalue weighted by Crippen LogP contribution is 2.22. The third kappa shape index (κ3) is 5.41. The Labute approximate surface area is 88.3 Å². The molecule has 0 amide bonds. The minimum atomic E-state index is 0.464. The Bertz CT molecular complexity index is 149. The molecule has 0 aliphatic heterocycles. The topological polar surface area (TPSA) is 17.1 Å². The zero-order valence-electron chi connectivity index (χ0n) is 9.56. The maximum atomic E-state index is 10.5. The molecule has 0 spiro atoms. The Hall–Kier alpha value is -0.330. The second-order valence-electron chi connectivity index (χ2n) is 4.84. The number of carbonyl (C=O) groups excluding carboxylic acids is 1. The van der Waals surface area contributed by atoms with Crippen molar-refractivity contribution >= 4 is 5.78 Å². The SMILES string of the molecule is CC1CCCCC1.O=C1CCCCC1. The lowest BCUT2D eigenvalue weighted by Crippen LogP contribution is -2.02. The van der Waals surface area contributed by atoms with Gasteiger partial charge in [-0.2, -0.15) is 0 Å². The van der Waals surface area contributed by atoms with E-state index in [1.54, 1.807) is 0 Å². The van der Waals surface area contributed by atoms with E-state index in [2.05, 4.69) is 6.92 Å². The van der Waals surface area contributed by atoms with Crippen molar-refractivity contribution in [3.05, 3.63) is 0 Å². The molecule has 2 aliphatic carbocycles. The molecule has 0 unspecified atom stereocenters. The van der Waals surface area contributed by atoms with Gasteiger partial charge in [0, 0.05) is 12.8 Å². The van der Waals surface area contributed by atoms with Crippen LogP contribution in [0.15, 0.2) is 0 Å². The molecule has 0 saturated heterocycles. The van der Waals surface area contributed by atoms with Gasteiger partial charge in [0.05, 0.1) is 0 Å². The summed E-state index contributed by atoms with van der Waals surface area (Å²) < 4.78 is 0. The van der Waals surface area contributed by atoms with Gasteiger partial charge in [-0.15, -0.1) is 0 Å². The minimum Gasteiger partial charge on any atom is -0.300 e. The van der Waals surface area contributed by atoms with Gasteiger partial charge in [0.2, 0.25) is 0 Å². The summed E-state index contributed by atoms with van der Waals surface area (Å²) in [4.78, 5) is 10.5. The molecule has 0 atom stereocenters. The molecule has 14 heavy (non-hydrogen) atoms. The summed E-state index contributed by atoms with van der Waals surface area (Å²) in [5, 5.41) is 0. The van der Waals surface area contributed by atoms with Gasteiger partial charge in [-0.25, -0.2) is 0 Å². The van der Waals surface area contributed by atoms with E-state index in [-0.39, 0.29) is 0 Å². The van der Waals surface area contributed by atoms with Crippen LogP contribution in [0, 0.1) is 5.92 Å². The molecule has 0 bridgehead atoms. The summed E-state index contributed by atoms with van der Waals surface area (Å²) in [5.41, 5.74) is 0. The Morgan fingerprint density at radius 2 is 1.36 bits per heavy atom. The van der Waals surface area contributed by atoms with Crippen LogP contribution in [0.5, 0.6) is 0 Å². The Morgan fingerprint density at radius 1 is 0.857 bits per heavy atom. The predicted octanol–water partition coefficient (Wildman–Crippen LogP) is 4.11. The van der Waals surface area contributed by atoms with Gasteiger partial charge in [0.1, 0.15) is 5.78 Å². The third-order valence-corrected chi connectivity index (χ3v) is 3.31. The maximum Gasteiger partial charge on any atom is 0.132 e. The van der Waals surface area contributed by atoms with Gasteiger partial charge in [-0.3, -0.25) is 4.79 Å². The van der Waals surface area contributed by atoms with Crippen LogP contribution in [0.3, 0.4) is 0 Å². The second kappa shape index (κ2) is 7.03. The van der Waals surface area contributed by atoms with E-state index in [0.29, 0.717) is 5.78 Å². The highest BCUT2D eigenvalue weighted by Gasteiger charge is 2.06. The average molecular weight is 196 g/mol. The van der Waals surface area contributed by atoms with Crippen LogP contribution in [0.1, 0.15) is 71.1 Å². The standard InChI is InChI=1S/C7H14.C6H10O/c1-7-5-3-2-4-6-7;7-6-4-2-1-3-5-6/h7H,2-6H2,1H3;1-5H2. The Kier molecular flexibility index (Phi) is 5.89. The Balaban J connectivity index is 0.000000140. The van der Waals surface area contributed by atoms with Crippen molar-refractivity contribution in [2.24, 2.45) is 5.92 Å². The van der Waals surface area contributed by atoms with Crippen molar-refractivity contribution in [1.82, 2.24) is 0 Å². The monoisotopic (exact) mass is 196 g/mol. The van der Waals surface area contributed by atoms with E-state index >= 15 is 0 Å². The van der Waals surface area contributed by atoms with Crippen molar-refractivity contribution in [2.45, 2.75) is 71.1 Å². The zero-order chi connectivity index (χ0) is 10.2. The van der Waals surface area contributed by atoms with Gasteiger partial charge in [0.25, 0.3) is 0 Å². The molecule has 2 fully saturated rings. The quantitative estimate of drug-likeness (QED) is 0.570. The first kappa shape index (κ1) is 11.7. The number of hydrogen-bond acceptors (Lipinski definition) is 1. The van der Waals surface area contributed by atoms with E-state index in [1.165, 1.54) is 38.5 Å². The molecule has 0 aromatic heterocycles. The maximum absolute atomic E-state index is 10.5. The van der Waals surface area contributed by atoms with Crippen molar-refractivity contribution in [3.63, 3.8) is 0 Å². The smallest absolute Gasteiger partial charge is 0.132 e. The number of Topliss-reactive ketones (excluding diaryl/α,β-unsaturated/α-hetero) is 1. The fourth-order valence-electron chi connectivity index (χ4n) is 2.25. The molecule has 1 heteroatoms. The van der Waals surface area contributed by atoms with E-state index in [4.69, 9.17) is 0 Å². The van der Waals surface area contributed by atoms with Crippen molar-refractivity contribution in [2.75, 3.05) is 0 Å². The lowest BCUT2D eigenvalue weighted by molar-refractivity contribution is -0.120. The zero-order valence-corrected chi connectivity index (χ0v) is 9.56. The molecule has 0 aromatic rings. The predicted molar refractivity (Wildman–Crippen MR) is 60.3 cm³/mol. The number of rotatable bonds is 0. The van der Waals surface area contributed by atoms with Crippen molar-refractivity contribution < 1.29 is 4.79 Å². The van der Waals surface area contributed by atoms with E-state index in [1.807, 2.05) is 0 Å². The molecule has 82 valence electrons. The van der Waals surface area contributed by atoms with Crippen LogP contribution < -0.4 is 0 Å². The van der Waals surface area contributed by atoms with Gasteiger partial charge in [-0.1, -0.05) is 45.4 Å². The largest absolute Gasteiger partial charge is 0.300 e. The third-order valence-electron chi connectivity index (χ3n) is 3.31. The first-order valence-corrected chi connectivity index (χ1v) is 6.31. The molecular weight excluding hydrogens is 172 g/mol. The average Bonchev–Trinajstić information content (AvgIpc) is 2.21. The second-order valence-corrected chi connectivity index (χ2v) is 4.84. The lowest BCUT2D eigenvalue weighted by Gasteiger charge is -2.15. The fourth-order valence-corrected chi connectivity index (χ4v) is 2.25. The lowest BCUT2D eigenvalue weighted by atomic mass is 9.91. The van der Waals surface area contributed by atoms with Gasteiger partial charge < -0.3 is 0 Å². The number of hydrogen-bond donors (Lipinski definition) is 0. The van der Waals surface area contributed by atoms with Gasteiger partial charge in [0.15, 0.2) is 0 Å². The summed E-state index contributed by atoms with van der Waals surface area (Å²) in [6.45, 7) is 2.36. The molecule has 2 aliphatic rings. The first-order chi connectivity index (χ1) is 6.79. The van der Waals surface area contributed by atoms with Crippen LogP contribution in [0.4, 0.5) is 0 Å². The normalized spacial score (nSPS) is 23.9. The van der Waals surface area contributed by atoms with Crippen LogP contribution in [0.25, 0.3) is 0 Å².